The predicted molar refractivity (Wildman–Crippen MR) is 68.3 cm³/mol. The van der Waals surface area contributed by atoms with E-state index in [1.807, 2.05) is 25.1 Å². The molecule has 15 heavy (non-hydrogen) atoms. The molecule has 0 spiro atoms. The molecule has 0 fully saturated rings. The molecule has 0 radical (unpaired) electrons. The highest BCUT2D eigenvalue weighted by atomic mass is 35.5. The Kier molecular flexibility index (Phi) is 5.29. The van der Waals surface area contributed by atoms with Gasteiger partial charge in [-0.2, -0.15) is 11.8 Å². The van der Waals surface area contributed by atoms with Gasteiger partial charge < -0.3 is 10.8 Å². The van der Waals surface area contributed by atoms with Crippen LogP contribution in [0.3, 0.4) is 0 Å². The van der Waals surface area contributed by atoms with Crippen LogP contribution in [0.4, 0.5) is 5.69 Å². The fraction of sp³-hybridized carbons (Fsp3) is 0.455. The summed E-state index contributed by atoms with van der Waals surface area (Å²) in [7, 11) is 0. The van der Waals surface area contributed by atoms with Crippen LogP contribution >= 0.6 is 23.4 Å². The highest BCUT2D eigenvalue weighted by Crippen LogP contribution is 2.22. The average molecular weight is 246 g/mol. The van der Waals surface area contributed by atoms with Crippen molar-refractivity contribution in [1.29, 1.82) is 0 Å². The van der Waals surface area contributed by atoms with E-state index < -0.39 is 0 Å². The molecule has 0 aliphatic carbocycles. The average Bonchev–Trinajstić information content (AvgIpc) is 2.23. The van der Waals surface area contributed by atoms with Crippen LogP contribution in [-0.4, -0.2) is 17.5 Å². The summed E-state index contributed by atoms with van der Waals surface area (Å²) in [5.41, 5.74) is 7.50. The lowest BCUT2D eigenvalue weighted by atomic mass is 10.2. The van der Waals surface area contributed by atoms with Gasteiger partial charge in [0, 0.05) is 12.4 Å². The van der Waals surface area contributed by atoms with Gasteiger partial charge in [-0.1, -0.05) is 24.6 Å². The Labute approximate surface area is 99.8 Å². The third kappa shape index (κ3) is 4.33. The van der Waals surface area contributed by atoms with Crippen molar-refractivity contribution >= 4 is 29.1 Å². The molecule has 1 aromatic rings. The molecule has 84 valence electrons. The van der Waals surface area contributed by atoms with Crippen LogP contribution in [0.25, 0.3) is 0 Å². The van der Waals surface area contributed by atoms with E-state index in [2.05, 4.69) is 0 Å². The minimum absolute atomic E-state index is 0.246. The van der Waals surface area contributed by atoms with Crippen LogP contribution in [0.5, 0.6) is 0 Å². The maximum atomic E-state index is 8.86. The number of halogens is 1. The number of benzene rings is 1. The van der Waals surface area contributed by atoms with Crippen molar-refractivity contribution in [1.82, 2.24) is 0 Å². The molecule has 0 heterocycles. The summed E-state index contributed by atoms with van der Waals surface area (Å²) in [4.78, 5) is 0. The Morgan fingerprint density at radius 3 is 2.87 bits per heavy atom. The molecule has 0 saturated heterocycles. The summed E-state index contributed by atoms with van der Waals surface area (Å²) in [5.74, 6) is 2.21. The maximum absolute atomic E-state index is 8.86. The fourth-order valence-corrected chi connectivity index (χ4v) is 2.27. The van der Waals surface area contributed by atoms with Gasteiger partial charge in [0.2, 0.25) is 0 Å². The molecule has 0 saturated carbocycles. The van der Waals surface area contributed by atoms with Crippen molar-refractivity contribution in [3.8, 4) is 0 Å². The molecule has 1 unspecified atom stereocenters. The maximum Gasteiger partial charge on any atom is 0.0635 e. The first-order valence-electron chi connectivity index (χ1n) is 4.86. The molecule has 1 aromatic carbocycles. The third-order valence-electron chi connectivity index (χ3n) is 2.04. The highest BCUT2D eigenvalue weighted by molar-refractivity contribution is 7.98. The largest absolute Gasteiger partial charge is 0.398 e. The Bertz CT molecular complexity index is 319. The summed E-state index contributed by atoms with van der Waals surface area (Å²) in [6, 6.07) is 5.70. The molecular weight excluding hydrogens is 230 g/mol. The minimum Gasteiger partial charge on any atom is -0.398 e. The zero-order valence-corrected chi connectivity index (χ0v) is 10.3. The molecule has 0 aromatic heterocycles. The topological polar surface area (TPSA) is 46.2 Å². The van der Waals surface area contributed by atoms with Gasteiger partial charge in [-0.25, -0.2) is 0 Å². The van der Waals surface area contributed by atoms with Crippen molar-refractivity contribution in [3.63, 3.8) is 0 Å². The standard InChI is InChI=1S/C11H16ClNOS/c1-8(5-14)6-15-7-9-2-3-10(12)11(13)4-9/h2-4,8,14H,5-7,13H2,1H3. The van der Waals surface area contributed by atoms with Crippen molar-refractivity contribution < 1.29 is 5.11 Å². The predicted octanol–water partition coefficient (Wildman–Crippen LogP) is 2.78. The second kappa shape index (κ2) is 6.26. The van der Waals surface area contributed by atoms with Crippen molar-refractivity contribution in [3.05, 3.63) is 28.8 Å². The number of aliphatic hydroxyl groups is 1. The molecule has 0 amide bonds. The van der Waals surface area contributed by atoms with Gasteiger partial charge in [0.05, 0.1) is 10.7 Å². The van der Waals surface area contributed by atoms with Gasteiger partial charge >= 0.3 is 0 Å². The number of nitrogen functional groups attached to an aromatic ring is 1. The lowest BCUT2D eigenvalue weighted by Crippen LogP contribution is -2.03. The van der Waals surface area contributed by atoms with E-state index in [0.717, 1.165) is 11.5 Å². The van der Waals surface area contributed by atoms with Crippen LogP contribution in [0.15, 0.2) is 18.2 Å². The van der Waals surface area contributed by atoms with Crippen molar-refractivity contribution in [2.45, 2.75) is 12.7 Å². The second-order valence-electron chi connectivity index (χ2n) is 3.66. The molecule has 1 rings (SSSR count). The number of thioether (sulfide) groups is 1. The molecule has 0 bridgehead atoms. The number of aliphatic hydroxyl groups excluding tert-OH is 1. The summed E-state index contributed by atoms with van der Waals surface area (Å²) >= 11 is 7.62. The van der Waals surface area contributed by atoms with Crippen LogP contribution < -0.4 is 5.73 Å². The van der Waals surface area contributed by atoms with Gasteiger partial charge in [-0.15, -0.1) is 0 Å². The van der Waals surface area contributed by atoms with E-state index in [9.17, 15) is 0 Å². The van der Waals surface area contributed by atoms with Gasteiger partial charge in [0.15, 0.2) is 0 Å². The number of anilines is 1. The van der Waals surface area contributed by atoms with E-state index >= 15 is 0 Å². The van der Waals surface area contributed by atoms with E-state index in [4.69, 9.17) is 22.4 Å². The zero-order valence-electron chi connectivity index (χ0n) is 8.74. The Balaban J connectivity index is 2.41. The first kappa shape index (κ1) is 12.7. The van der Waals surface area contributed by atoms with Gasteiger partial charge in [0.1, 0.15) is 0 Å². The smallest absolute Gasteiger partial charge is 0.0635 e. The van der Waals surface area contributed by atoms with Crippen molar-refractivity contribution in [2.75, 3.05) is 18.1 Å². The highest BCUT2D eigenvalue weighted by Gasteiger charge is 2.02. The van der Waals surface area contributed by atoms with Crippen molar-refractivity contribution in [2.24, 2.45) is 5.92 Å². The lowest BCUT2D eigenvalue weighted by Gasteiger charge is -2.07. The van der Waals surface area contributed by atoms with Crippen LogP contribution in [0.1, 0.15) is 12.5 Å². The first-order valence-corrected chi connectivity index (χ1v) is 6.39. The van der Waals surface area contributed by atoms with Gasteiger partial charge in [-0.3, -0.25) is 0 Å². The Morgan fingerprint density at radius 2 is 2.27 bits per heavy atom. The lowest BCUT2D eigenvalue weighted by molar-refractivity contribution is 0.250. The zero-order chi connectivity index (χ0) is 11.3. The molecule has 1 atom stereocenters. The summed E-state index contributed by atoms with van der Waals surface area (Å²) in [6.07, 6.45) is 0. The minimum atomic E-state index is 0.246. The van der Waals surface area contributed by atoms with Gasteiger partial charge in [-0.05, 0) is 29.4 Å². The number of hydrogen-bond donors (Lipinski definition) is 2. The normalized spacial score (nSPS) is 12.7. The Morgan fingerprint density at radius 1 is 1.53 bits per heavy atom. The van der Waals surface area contributed by atoms with Crippen LogP contribution in [0, 0.1) is 5.92 Å². The van der Waals surface area contributed by atoms with E-state index in [1.165, 1.54) is 5.56 Å². The summed E-state index contributed by atoms with van der Waals surface area (Å²) in [5, 5.41) is 9.47. The second-order valence-corrected chi connectivity index (χ2v) is 5.10. The number of nitrogens with two attached hydrogens (primary N) is 1. The molecule has 2 nitrogen and oxygen atoms in total. The number of hydrogen-bond acceptors (Lipinski definition) is 3. The van der Waals surface area contributed by atoms with E-state index in [0.29, 0.717) is 16.6 Å². The van der Waals surface area contributed by atoms with Crippen LogP contribution in [-0.2, 0) is 5.75 Å². The fourth-order valence-electron chi connectivity index (χ4n) is 1.11. The Hall–Kier alpha value is -0.380. The molecule has 0 aliphatic rings. The van der Waals surface area contributed by atoms with Crippen LogP contribution in [0.2, 0.25) is 5.02 Å². The van der Waals surface area contributed by atoms with E-state index in [1.54, 1.807) is 11.8 Å². The third-order valence-corrected chi connectivity index (χ3v) is 3.73. The quantitative estimate of drug-likeness (QED) is 0.785. The molecular formula is C11H16ClNOS. The SMILES string of the molecule is CC(CO)CSCc1ccc(Cl)c(N)c1. The molecule has 3 N–H and O–H groups in total. The first-order chi connectivity index (χ1) is 7.13. The molecule has 4 heteroatoms. The summed E-state index contributed by atoms with van der Waals surface area (Å²) in [6.45, 7) is 2.28. The summed E-state index contributed by atoms with van der Waals surface area (Å²) < 4.78 is 0. The van der Waals surface area contributed by atoms with Gasteiger partial charge in [0.25, 0.3) is 0 Å². The monoisotopic (exact) mass is 245 g/mol. The van der Waals surface area contributed by atoms with E-state index in [-0.39, 0.29) is 6.61 Å². The molecule has 0 aliphatic heterocycles. The number of rotatable bonds is 5.